The van der Waals surface area contributed by atoms with Crippen LogP contribution in [0.2, 0.25) is 0 Å². The van der Waals surface area contributed by atoms with Crippen LogP contribution >= 0.6 is 0 Å². The monoisotopic (exact) mass is 230 g/mol. The zero-order valence-corrected chi connectivity index (χ0v) is 9.34. The lowest BCUT2D eigenvalue weighted by molar-refractivity contribution is 0.152. The summed E-state index contributed by atoms with van der Waals surface area (Å²) in [4.78, 5) is 0. The van der Waals surface area contributed by atoms with Crippen LogP contribution in [-0.2, 0) is 4.74 Å². The highest BCUT2D eigenvalue weighted by Gasteiger charge is 2.14. The molecule has 0 aliphatic carbocycles. The molecule has 0 aliphatic heterocycles. The Balaban J connectivity index is 2.86. The summed E-state index contributed by atoms with van der Waals surface area (Å²) >= 11 is 0. The zero-order chi connectivity index (χ0) is 12.1. The molecule has 1 unspecified atom stereocenters. The second kappa shape index (κ2) is 5.65. The molecular formula is C11H16F2N2O. The first kappa shape index (κ1) is 12.7. The van der Waals surface area contributed by atoms with E-state index in [1.54, 1.807) is 19.2 Å². The van der Waals surface area contributed by atoms with E-state index in [1.165, 1.54) is 6.07 Å². The number of rotatable bonds is 5. The van der Waals surface area contributed by atoms with Gasteiger partial charge in [-0.2, -0.15) is 0 Å². The molecule has 3 nitrogen and oxygen atoms in total. The highest BCUT2D eigenvalue weighted by Crippen LogP contribution is 2.29. The molecule has 1 aromatic rings. The summed E-state index contributed by atoms with van der Waals surface area (Å²) in [7, 11) is 1.56. The van der Waals surface area contributed by atoms with Crippen molar-refractivity contribution in [3.63, 3.8) is 0 Å². The summed E-state index contributed by atoms with van der Waals surface area (Å²) in [6.07, 6.45) is -2.54. The van der Waals surface area contributed by atoms with Crippen molar-refractivity contribution < 1.29 is 13.5 Å². The van der Waals surface area contributed by atoms with Crippen molar-refractivity contribution in [1.82, 2.24) is 0 Å². The molecule has 0 amide bonds. The van der Waals surface area contributed by atoms with Gasteiger partial charge in [0.05, 0.1) is 6.61 Å². The van der Waals surface area contributed by atoms with Gasteiger partial charge in [0.2, 0.25) is 0 Å². The van der Waals surface area contributed by atoms with Gasteiger partial charge in [-0.05, 0) is 25.1 Å². The van der Waals surface area contributed by atoms with Gasteiger partial charge in [-0.15, -0.1) is 0 Å². The second-order valence-corrected chi connectivity index (χ2v) is 3.65. The normalized spacial score (nSPS) is 12.8. The standard InChI is InChI=1S/C11H16F2N2O/c1-7(6-16-2)15-10-4-3-8(14)5-9(10)11(12)13/h3-5,7,11,15H,6,14H2,1-2H3. The lowest BCUT2D eigenvalue weighted by Crippen LogP contribution is -2.21. The van der Waals surface area contributed by atoms with Crippen LogP contribution in [0.4, 0.5) is 20.2 Å². The van der Waals surface area contributed by atoms with Gasteiger partial charge in [-0.1, -0.05) is 0 Å². The van der Waals surface area contributed by atoms with Crippen LogP contribution in [0.1, 0.15) is 18.9 Å². The lowest BCUT2D eigenvalue weighted by Gasteiger charge is -2.17. The van der Waals surface area contributed by atoms with Crippen LogP contribution < -0.4 is 11.1 Å². The Morgan fingerprint density at radius 2 is 2.12 bits per heavy atom. The third kappa shape index (κ3) is 3.34. The minimum atomic E-state index is -2.54. The Morgan fingerprint density at radius 1 is 1.44 bits per heavy atom. The number of anilines is 2. The number of ether oxygens (including phenoxy) is 1. The summed E-state index contributed by atoms with van der Waals surface area (Å²) in [5.41, 5.74) is 6.12. The Bertz CT molecular complexity index is 345. The minimum Gasteiger partial charge on any atom is -0.399 e. The quantitative estimate of drug-likeness (QED) is 0.764. The fourth-order valence-corrected chi connectivity index (χ4v) is 1.45. The summed E-state index contributed by atoms with van der Waals surface area (Å²) in [6.45, 7) is 2.31. The van der Waals surface area contributed by atoms with Gasteiger partial charge in [0.1, 0.15) is 0 Å². The van der Waals surface area contributed by atoms with E-state index in [1.807, 2.05) is 6.92 Å². The Kier molecular flexibility index (Phi) is 4.49. The number of methoxy groups -OCH3 is 1. The highest BCUT2D eigenvalue weighted by atomic mass is 19.3. The molecule has 0 spiro atoms. The van der Waals surface area contributed by atoms with E-state index >= 15 is 0 Å². The van der Waals surface area contributed by atoms with Gasteiger partial charge >= 0.3 is 0 Å². The number of benzene rings is 1. The predicted molar refractivity (Wildman–Crippen MR) is 60.8 cm³/mol. The van der Waals surface area contributed by atoms with Crippen LogP contribution in [0.25, 0.3) is 0 Å². The number of nitrogen functional groups attached to an aromatic ring is 1. The number of hydrogen-bond acceptors (Lipinski definition) is 3. The maximum atomic E-state index is 12.7. The van der Waals surface area contributed by atoms with E-state index in [9.17, 15) is 8.78 Å². The molecule has 3 N–H and O–H groups in total. The average Bonchev–Trinajstić information content (AvgIpc) is 2.20. The summed E-state index contributed by atoms with van der Waals surface area (Å²) in [5, 5.41) is 2.96. The van der Waals surface area contributed by atoms with Crippen LogP contribution in [-0.4, -0.2) is 19.8 Å². The third-order valence-corrected chi connectivity index (χ3v) is 2.13. The first-order valence-corrected chi connectivity index (χ1v) is 4.97. The third-order valence-electron chi connectivity index (χ3n) is 2.13. The van der Waals surface area contributed by atoms with Gasteiger partial charge in [0.25, 0.3) is 6.43 Å². The van der Waals surface area contributed by atoms with E-state index in [2.05, 4.69) is 5.32 Å². The number of hydrogen-bond donors (Lipinski definition) is 2. The van der Waals surface area contributed by atoms with E-state index < -0.39 is 6.43 Å². The Morgan fingerprint density at radius 3 is 2.69 bits per heavy atom. The van der Waals surface area contributed by atoms with Gasteiger partial charge in [-0.3, -0.25) is 0 Å². The van der Waals surface area contributed by atoms with E-state index in [0.29, 0.717) is 18.0 Å². The Hall–Kier alpha value is -1.36. The minimum absolute atomic E-state index is 0.0360. The predicted octanol–water partition coefficient (Wildman–Crippen LogP) is 2.65. The van der Waals surface area contributed by atoms with Gasteiger partial charge in [-0.25, -0.2) is 8.78 Å². The molecule has 5 heteroatoms. The fraction of sp³-hybridized carbons (Fsp3) is 0.455. The van der Waals surface area contributed by atoms with Gasteiger partial charge < -0.3 is 15.8 Å². The van der Waals surface area contributed by atoms with Gasteiger partial charge in [0.15, 0.2) is 0 Å². The Labute approximate surface area is 93.6 Å². The van der Waals surface area contributed by atoms with Gasteiger partial charge in [0, 0.05) is 30.1 Å². The van der Waals surface area contributed by atoms with Crippen molar-refractivity contribution in [1.29, 1.82) is 0 Å². The van der Waals surface area contributed by atoms with Crippen molar-refractivity contribution in [2.45, 2.75) is 19.4 Å². The van der Waals surface area contributed by atoms with Crippen LogP contribution in [0, 0.1) is 0 Å². The number of halogens is 2. The summed E-state index contributed by atoms with van der Waals surface area (Å²) < 4.78 is 30.4. The number of alkyl halides is 2. The highest BCUT2D eigenvalue weighted by molar-refractivity contribution is 5.59. The molecule has 0 saturated heterocycles. The number of nitrogens with two attached hydrogens (primary N) is 1. The van der Waals surface area contributed by atoms with Crippen molar-refractivity contribution in [3.8, 4) is 0 Å². The van der Waals surface area contributed by atoms with Crippen LogP contribution in [0.3, 0.4) is 0 Å². The maximum absolute atomic E-state index is 12.7. The SMILES string of the molecule is COCC(C)Nc1ccc(N)cc1C(F)F. The molecule has 0 heterocycles. The second-order valence-electron chi connectivity index (χ2n) is 3.65. The summed E-state index contributed by atoms with van der Waals surface area (Å²) in [6, 6.07) is 4.40. The number of nitrogens with one attached hydrogen (secondary N) is 1. The topological polar surface area (TPSA) is 47.3 Å². The molecular weight excluding hydrogens is 214 g/mol. The molecule has 1 aromatic carbocycles. The summed E-state index contributed by atoms with van der Waals surface area (Å²) in [5.74, 6) is 0. The molecule has 0 aliphatic rings. The maximum Gasteiger partial charge on any atom is 0.265 e. The largest absolute Gasteiger partial charge is 0.399 e. The average molecular weight is 230 g/mol. The molecule has 90 valence electrons. The van der Waals surface area contributed by atoms with E-state index in [-0.39, 0.29) is 11.6 Å². The first-order valence-electron chi connectivity index (χ1n) is 4.97. The first-order chi connectivity index (χ1) is 7.54. The van der Waals surface area contributed by atoms with Crippen molar-refractivity contribution in [2.75, 3.05) is 24.8 Å². The molecule has 0 bridgehead atoms. The van der Waals surface area contributed by atoms with E-state index in [0.717, 1.165) is 0 Å². The van der Waals surface area contributed by atoms with Crippen molar-refractivity contribution in [2.24, 2.45) is 0 Å². The molecule has 0 fully saturated rings. The molecule has 1 atom stereocenters. The molecule has 0 aromatic heterocycles. The fourth-order valence-electron chi connectivity index (χ4n) is 1.45. The zero-order valence-electron chi connectivity index (χ0n) is 9.34. The lowest BCUT2D eigenvalue weighted by atomic mass is 10.1. The van der Waals surface area contributed by atoms with Crippen LogP contribution in [0.15, 0.2) is 18.2 Å². The van der Waals surface area contributed by atoms with Crippen molar-refractivity contribution in [3.05, 3.63) is 23.8 Å². The molecule has 0 radical (unpaired) electrons. The molecule has 16 heavy (non-hydrogen) atoms. The molecule has 0 saturated carbocycles. The van der Waals surface area contributed by atoms with Crippen LogP contribution in [0.5, 0.6) is 0 Å². The van der Waals surface area contributed by atoms with E-state index in [4.69, 9.17) is 10.5 Å². The molecule has 1 rings (SSSR count). The van der Waals surface area contributed by atoms with Crippen molar-refractivity contribution >= 4 is 11.4 Å². The smallest absolute Gasteiger partial charge is 0.265 e.